The van der Waals surface area contributed by atoms with Crippen LogP contribution in [-0.2, 0) is 0 Å². The number of amides is 1. The summed E-state index contributed by atoms with van der Waals surface area (Å²) in [5.41, 5.74) is 3.99. The molecule has 29 heavy (non-hydrogen) atoms. The molecule has 3 aromatic heterocycles. The van der Waals surface area contributed by atoms with Gasteiger partial charge in [0, 0.05) is 42.8 Å². The molecule has 1 aromatic carbocycles. The summed E-state index contributed by atoms with van der Waals surface area (Å²) in [7, 11) is 0. The topological polar surface area (TPSA) is 111 Å². The number of hydrogen-bond donors (Lipinski definition) is 2. The van der Waals surface area contributed by atoms with Crippen LogP contribution in [0.4, 0.5) is 5.82 Å². The molecular weight excluding hydrogens is 368 g/mol. The van der Waals surface area contributed by atoms with Gasteiger partial charge in [-0.3, -0.25) is 19.3 Å². The van der Waals surface area contributed by atoms with Crippen LogP contribution in [0, 0.1) is 13.8 Å². The van der Waals surface area contributed by atoms with Crippen LogP contribution in [0.3, 0.4) is 0 Å². The van der Waals surface area contributed by atoms with Crippen LogP contribution in [0.1, 0.15) is 21.7 Å². The second-order valence-electron chi connectivity index (χ2n) is 6.49. The Morgan fingerprint density at radius 1 is 0.966 bits per heavy atom. The number of anilines is 1. The van der Waals surface area contributed by atoms with E-state index in [1.807, 2.05) is 24.5 Å². The molecule has 0 fully saturated rings. The van der Waals surface area contributed by atoms with Crippen molar-refractivity contribution in [3.63, 3.8) is 0 Å². The van der Waals surface area contributed by atoms with Crippen LogP contribution in [0.15, 0.2) is 49.3 Å². The number of hydrogen-bond acceptors (Lipinski definition) is 7. The van der Waals surface area contributed by atoms with E-state index >= 15 is 0 Å². The van der Waals surface area contributed by atoms with E-state index in [1.165, 1.54) is 6.33 Å². The second-order valence-corrected chi connectivity index (χ2v) is 6.49. The lowest BCUT2D eigenvalue weighted by Crippen LogP contribution is -2.28. The molecule has 0 saturated heterocycles. The molecule has 0 atom stereocenters. The van der Waals surface area contributed by atoms with Crippen LogP contribution in [0.25, 0.3) is 16.9 Å². The first-order valence-corrected chi connectivity index (χ1v) is 9.17. The fraction of sp³-hybridized carbons (Fsp3) is 0.200. The third kappa shape index (κ3) is 4.03. The van der Waals surface area contributed by atoms with Gasteiger partial charge in [-0.25, -0.2) is 15.0 Å². The van der Waals surface area contributed by atoms with E-state index in [9.17, 15) is 4.79 Å². The molecule has 4 aromatic rings. The van der Waals surface area contributed by atoms with Crippen LogP contribution >= 0.6 is 0 Å². The SMILES string of the molecule is Cc1ncn(-c2cc(NCCNC(=O)c3ccc4nccnc4c3)ncn2)c1C. The summed E-state index contributed by atoms with van der Waals surface area (Å²) >= 11 is 0. The maximum atomic E-state index is 12.4. The second kappa shape index (κ2) is 8.01. The van der Waals surface area contributed by atoms with Crippen LogP contribution < -0.4 is 10.6 Å². The summed E-state index contributed by atoms with van der Waals surface area (Å²) in [6, 6.07) is 7.11. The highest BCUT2D eigenvalue weighted by molar-refractivity contribution is 5.97. The Hall–Kier alpha value is -3.88. The lowest BCUT2D eigenvalue weighted by Gasteiger charge is -2.09. The number of nitrogens with zero attached hydrogens (tertiary/aromatic N) is 6. The maximum absolute atomic E-state index is 12.4. The van der Waals surface area contributed by atoms with Crippen molar-refractivity contribution in [2.75, 3.05) is 18.4 Å². The Kier molecular flexibility index (Phi) is 5.10. The van der Waals surface area contributed by atoms with E-state index in [4.69, 9.17) is 0 Å². The molecule has 0 aliphatic heterocycles. The van der Waals surface area contributed by atoms with E-state index < -0.39 is 0 Å². The summed E-state index contributed by atoms with van der Waals surface area (Å²) < 4.78 is 1.91. The minimum Gasteiger partial charge on any atom is -0.368 e. The zero-order chi connectivity index (χ0) is 20.2. The molecule has 0 bridgehead atoms. The van der Waals surface area contributed by atoms with Gasteiger partial charge in [0.05, 0.1) is 16.7 Å². The minimum atomic E-state index is -0.160. The first kappa shape index (κ1) is 18.5. The van der Waals surface area contributed by atoms with Crippen LogP contribution in [0.5, 0.6) is 0 Å². The quantitative estimate of drug-likeness (QED) is 0.486. The van der Waals surface area contributed by atoms with Crippen molar-refractivity contribution in [1.82, 2.24) is 34.8 Å². The van der Waals surface area contributed by atoms with Crippen molar-refractivity contribution in [3.8, 4) is 5.82 Å². The molecule has 0 saturated carbocycles. The maximum Gasteiger partial charge on any atom is 0.251 e. The van der Waals surface area contributed by atoms with Gasteiger partial charge in [0.25, 0.3) is 5.91 Å². The van der Waals surface area contributed by atoms with Gasteiger partial charge in [-0.05, 0) is 32.0 Å². The molecule has 3 heterocycles. The third-order valence-electron chi connectivity index (χ3n) is 4.60. The highest BCUT2D eigenvalue weighted by Gasteiger charge is 2.08. The number of benzene rings is 1. The number of carbonyl (C=O) groups excluding carboxylic acids is 1. The van der Waals surface area contributed by atoms with Gasteiger partial charge in [-0.15, -0.1) is 0 Å². The first-order valence-electron chi connectivity index (χ1n) is 9.17. The van der Waals surface area contributed by atoms with Crippen molar-refractivity contribution >= 4 is 22.8 Å². The standard InChI is InChI=1S/C20H20N8O/c1-13-14(2)28(12-27-13)19-10-18(25-11-26-19)23-7-8-24-20(29)15-3-4-16-17(9-15)22-6-5-21-16/h3-6,9-12H,7-8H2,1-2H3,(H,24,29)(H,23,25,26). The normalized spacial score (nSPS) is 10.8. The van der Waals surface area contributed by atoms with Crippen molar-refractivity contribution in [2.24, 2.45) is 0 Å². The molecule has 0 spiro atoms. The average molecular weight is 388 g/mol. The number of aromatic nitrogens is 6. The summed E-state index contributed by atoms with van der Waals surface area (Å²) in [5.74, 6) is 1.25. The molecule has 9 nitrogen and oxygen atoms in total. The molecule has 0 aliphatic carbocycles. The molecule has 0 radical (unpaired) electrons. The van der Waals surface area contributed by atoms with Gasteiger partial charge >= 0.3 is 0 Å². The van der Waals surface area contributed by atoms with E-state index in [0.717, 1.165) is 22.7 Å². The van der Waals surface area contributed by atoms with E-state index in [2.05, 4.69) is 35.6 Å². The van der Waals surface area contributed by atoms with E-state index in [0.29, 0.717) is 30.0 Å². The number of rotatable bonds is 6. The van der Waals surface area contributed by atoms with Gasteiger partial charge in [0.2, 0.25) is 0 Å². The molecule has 146 valence electrons. The van der Waals surface area contributed by atoms with Crippen molar-refractivity contribution < 1.29 is 4.79 Å². The van der Waals surface area contributed by atoms with Crippen molar-refractivity contribution in [3.05, 3.63) is 66.3 Å². The Bertz CT molecular complexity index is 1170. The molecule has 0 aliphatic rings. The Balaban J connectivity index is 1.34. The first-order chi connectivity index (χ1) is 14.1. The third-order valence-corrected chi connectivity index (χ3v) is 4.60. The zero-order valence-corrected chi connectivity index (χ0v) is 16.1. The summed E-state index contributed by atoms with van der Waals surface area (Å²) in [6.07, 6.45) is 6.48. The predicted octanol–water partition coefficient (Wildman–Crippen LogP) is 2.06. The van der Waals surface area contributed by atoms with Gasteiger partial charge in [-0.2, -0.15) is 0 Å². The number of aryl methyl sites for hydroxylation is 1. The fourth-order valence-corrected chi connectivity index (χ4v) is 2.88. The molecular formula is C20H20N8O. The Morgan fingerprint density at radius 2 is 1.79 bits per heavy atom. The van der Waals surface area contributed by atoms with Crippen LogP contribution in [-0.4, -0.2) is 48.5 Å². The minimum absolute atomic E-state index is 0.160. The number of fused-ring (bicyclic) bond motifs is 1. The predicted molar refractivity (Wildman–Crippen MR) is 109 cm³/mol. The number of nitrogens with one attached hydrogen (secondary N) is 2. The smallest absolute Gasteiger partial charge is 0.251 e. The summed E-state index contributed by atoms with van der Waals surface area (Å²) in [4.78, 5) is 33.6. The molecule has 9 heteroatoms. The highest BCUT2D eigenvalue weighted by atomic mass is 16.1. The largest absolute Gasteiger partial charge is 0.368 e. The average Bonchev–Trinajstić information content (AvgIpc) is 3.09. The number of carbonyl (C=O) groups is 1. The summed E-state index contributed by atoms with van der Waals surface area (Å²) in [6.45, 7) is 4.92. The van der Waals surface area contributed by atoms with E-state index in [-0.39, 0.29) is 5.91 Å². The Labute approximate surface area is 167 Å². The van der Waals surface area contributed by atoms with Crippen molar-refractivity contribution in [2.45, 2.75) is 13.8 Å². The van der Waals surface area contributed by atoms with Crippen LogP contribution in [0.2, 0.25) is 0 Å². The summed E-state index contributed by atoms with van der Waals surface area (Å²) in [5, 5.41) is 6.08. The zero-order valence-electron chi connectivity index (χ0n) is 16.1. The van der Waals surface area contributed by atoms with Gasteiger partial charge in [0.15, 0.2) is 0 Å². The monoisotopic (exact) mass is 388 g/mol. The molecule has 1 amide bonds. The van der Waals surface area contributed by atoms with Crippen molar-refractivity contribution in [1.29, 1.82) is 0 Å². The molecule has 2 N–H and O–H groups in total. The van der Waals surface area contributed by atoms with E-state index in [1.54, 1.807) is 36.9 Å². The molecule has 4 rings (SSSR count). The van der Waals surface area contributed by atoms with Gasteiger partial charge < -0.3 is 10.6 Å². The lowest BCUT2D eigenvalue weighted by atomic mass is 10.2. The number of imidazole rings is 1. The fourth-order valence-electron chi connectivity index (χ4n) is 2.88. The Morgan fingerprint density at radius 3 is 2.59 bits per heavy atom. The molecule has 0 unspecified atom stereocenters. The van der Waals surface area contributed by atoms with Gasteiger partial charge in [0.1, 0.15) is 24.3 Å². The highest BCUT2D eigenvalue weighted by Crippen LogP contribution is 2.14. The lowest BCUT2D eigenvalue weighted by molar-refractivity contribution is 0.0955. The van der Waals surface area contributed by atoms with Gasteiger partial charge in [-0.1, -0.05) is 0 Å².